The molecule has 0 heterocycles. The van der Waals surface area contributed by atoms with E-state index in [-0.39, 0.29) is 12.0 Å². The van der Waals surface area contributed by atoms with Crippen LogP contribution in [0.25, 0.3) is 0 Å². The molecular weight excluding hydrogens is 320 g/mol. The Hall–Kier alpha value is -2.86. The molecule has 6 heteroatoms. The van der Waals surface area contributed by atoms with Gasteiger partial charge in [0.25, 0.3) is 0 Å². The molecule has 1 N–H and O–H groups in total. The third-order valence-corrected chi connectivity index (χ3v) is 3.63. The van der Waals surface area contributed by atoms with E-state index < -0.39 is 0 Å². The van der Waals surface area contributed by atoms with Crippen molar-refractivity contribution >= 4 is 17.7 Å². The van der Waals surface area contributed by atoms with Crippen molar-refractivity contribution in [2.75, 3.05) is 32.7 Å². The molecule has 2 aromatic carbocycles. The molecule has 0 fully saturated rings. The summed E-state index contributed by atoms with van der Waals surface area (Å²) >= 11 is 0. The Kier molecular flexibility index (Phi) is 6.98. The maximum Gasteiger partial charge on any atom is 0.337 e. The van der Waals surface area contributed by atoms with Gasteiger partial charge in [-0.25, -0.2) is 9.59 Å². The molecule has 0 saturated heterocycles. The Labute approximate surface area is 147 Å². The number of para-hydroxylation sites is 1. The minimum Gasteiger partial charge on any atom is -0.465 e. The summed E-state index contributed by atoms with van der Waals surface area (Å²) < 4.78 is 9.78. The van der Waals surface area contributed by atoms with Crippen LogP contribution in [-0.4, -0.2) is 44.3 Å². The molecule has 2 aromatic rings. The maximum absolute atomic E-state index is 12.5. The second-order valence-electron chi connectivity index (χ2n) is 5.40. The Bertz CT molecular complexity index is 686. The van der Waals surface area contributed by atoms with Crippen LogP contribution >= 0.6 is 0 Å². The van der Waals surface area contributed by atoms with E-state index in [1.54, 1.807) is 24.1 Å². The molecule has 0 atom stereocenters. The normalized spacial score (nSPS) is 10.2. The number of methoxy groups -OCH3 is 2. The van der Waals surface area contributed by atoms with Gasteiger partial charge in [0.1, 0.15) is 0 Å². The van der Waals surface area contributed by atoms with Gasteiger partial charge in [-0.3, -0.25) is 0 Å². The third-order valence-electron chi connectivity index (χ3n) is 3.63. The van der Waals surface area contributed by atoms with Gasteiger partial charge in [-0.1, -0.05) is 30.3 Å². The second kappa shape index (κ2) is 9.44. The fourth-order valence-corrected chi connectivity index (χ4v) is 2.26. The van der Waals surface area contributed by atoms with E-state index >= 15 is 0 Å². The smallest absolute Gasteiger partial charge is 0.337 e. The van der Waals surface area contributed by atoms with E-state index in [1.807, 2.05) is 42.5 Å². The lowest BCUT2D eigenvalue weighted by Gasteiger charge is -2.23. The number of hydrogen-bond acceptors (Lipinski definition) is 4. The number of carbonyl (C=O) groups excluding carboxylic acids is 2. The fraction of sp³-hybridized carbons (Fsp3) is 0.263. The van der Waals surface area contributed by atoms with Gasteiger partial charge in [-0.15, -0.1) is 0 Å². The first kappa shape index (κ1) is 18.5. The van der Waals surface area contributed by atoms with E-state index in [9.17, 15) is 9.59 Å². The average molecular weight is 342 g/mol. The number of nitrogens with one attached hydrogen (secondary N) is 1. The molecule has 0 aliphatic carbocycles. The lowest BCUT2D eigenvalue weighted by Crippen LogP contribution is -2.36. The van der Waals surface area contributed by atoms with Crippen LogP contribution in [0.15, 0.2) is 54.6 Å². The van der Waals surface area contributed by atoms with Gasteiger partial charge in [0, 0.05) is 25.9 Å². The fourth-order valence-electron chi connectivity index (χ4n) is 2.26. The molecule has 25 heavy (non-hydrogen) atoms. The van der Waals surface area contributed by atoms with Crippen LogP contribution in [0.1, 0.15) is 15.9 Å². The van der Waals surface area contributed by atoms with Gasteiger partial charge in [0.15, 0.2) is 0 Å². The summed E-state index contributed by atoms with van der Waals surface area (Å²) in [7, 11) is 2.94. The Morgan fingerprint density at radius 2 is 1.68 bits per heavy atom. The first-order chi connectivity index (χ1) is 12.1. The van der Waals surface area contributed by atoms with Crippen molar-refractivity contribution in [1.82, 2.24) is 4.90 Å². The molecule has 0 aliphatic rings. The number of benzene rings is 2. The number of hydrogen-bond donors (Lipinski definition) is 1. The number of carbonyl (C=O) groups is 2. The minimum absolute atomic E-state index is 0.208. The van der Waals surface area contributed by atoms with E-state index in [2.05, 4.69) is 10.1 Å². The standard InChI is InChI=1S/C19H22N2O4/c1-24-13-12-21(19(23)20-17-6-4-3-5-7-17)14-15-8-10-16(11-9-15)18(22)25-2/h3-11H,12-14H2,1-2H3,(H,20,23). The largest absolute Gasteiger partial charge is 0.465 e. The zero-order valence-corrected chi connectivity index (χ0v) is 14.4. The molecule has 0 aromatic heterocycles. The topological polar surface area (TPSA) is 67.9 Å². The quantitative estimate of drug-likeness (QED) is 0.785. The molecule has 6 nitrogen and oxygen atoms in total. The number of urea groups is 1. The van der Waals surface area contributed by atoms with Crippen LogP contribution < -0.4 is 5.32 Å². The molecule has 0 spiro atoms. The monoisotopic (exact) mass is 342 g/mol. The Balaban J connectivity index is 2.06. The van der Waals surface area contributed by atoms with Crippen molar-refractivity contribution in [2.24, 2.45) is 0 Å². The molecule has 0 radical (unpaired) electrons. The van der Waals surface area contributed by atoms with Crippen LogP contribution in [0.4, 0.5) is 10.5 Å². The van der Waals surface area contributed by atoms with Crippen LogP contribution in [0.3, 0.4) is 0 Å². The number of amides is 2. The van der Waals surface area contributed by atoms with Gasteiger partial charge < -0.3 is 19.7 Å². The van der Waals surface area contributed by atoms with Gasteiger partial charge in [-0.05, 0) is 29.8 Å². The van der Waals surface area contributed by atoms with E-state index in [0.717, 1.165) is 11.3 Å². The Morgan fingerprint density at radius 3 is 2.28 bits per heavy atom. The molecule has 2 amide bonds. The molecule has 132 valence electrons. The van der Waals surface area contributed by atoms with Crippen LogP contribution in [0, 0.1) is 0 Å². The zero-order chi connectivity index (χ0) is 18.1. The molecule has 0 bridgehead atoms. The van der Waals surface area contributed by atoms with Gasteiger partial charge >= 0.3 is 12.0 Å². The third kappa shape index (κ3) is 5.61. The summed E-state index contributed by atoms with van der Waals surface area (Å²) in [6, 6.07) is 16.1. The van der Waals surface area contributed by atoms with Crippen molar-refractivity contribution < 1.29 is 19.1 Å². The van der Waals surface area contributed by atoms with Crippen molar-refractivity contribution in [3.05, 3.63) is 65.7 Å². The molecule has 0 unspecified atom stereocenters. The summed E-state index contributed by atoms with van der Waals surface area (Å²) in [5.74, 6) is -0.385. The number of esters is 1. The zero-order valence-electron chi connectivity index (χ0n) is 14.4. The predicted molar refractivity (Wildman–Crippen MR) is 95.5 cm³/mol. The summed E-state index contributed by atoms with van der Waals surface area (Å²) in [5, 5.41) is 2.87. The van der Waals surface area contributed by atoms with Crippen LogP contribution in [0.2, 0.25) is 0 Å². The van der Waals surface area contributed by atoms with E-state index in [1.165, 1.54) is 7.11 Å². The first-order valence-corrected chi connectivity index (χ1v) is 7.91. The van der Waals surface area contributed by atoms with Crippen molar-refractivity contribution in [3.63, 3.8) is 0 Å². The highest BCUT2D eigenvalue weighted by Gasteiger charge is 2.14. The lowest BCUT2D eigenvalue weighted by molar-refractivity contribution is 0.0600. The van der Waals surface area contributed by atoms with Crippen LogP contribution in [0.5, 0.6) is 0 Å². The second-order valence-corrected chi connectivity index (χ2v) is 5.40. The van der Waals surface area contributed by atoms with Crippen molar-refractivity contribution in [1.29, 1.82) is 0 Å². The van der Waals surface area contributed by atoms with E-state index in [4.69, 9.17) is 4.74 Å². The first-order valence-electron chi connectivity index (χ1n) is 7.91. The SMILES string of the molecule is COCCN(Cc1ccc(C(=O)OC)cc1)C(=O)Nc1ccccc1. The summed E-state index contributed by atoms with van der Waals surface area (Å²) in [6.07, 6.45) is 0. The van der Waals surface area contributed by atoms with Crippen molar-refractivity contribution in [3.8, 4) is 0 Å². The summed E-state index contributed by atoms with van der Waals surface area (Å²) in [5.41, 5.74) is 2.12. The summed E-state index contributed by atoms with van der Waals surface area (Å²) in [4.78, 5) is 25.7. The molecular formula is C19H22N2O4. The Morgan fingerprint density at radius 1 is 1.00 bits per heavy atom. The maximum atomic E-state index is 12.5. The lowest BCUT2D eigenvalue weighted by atomic mass is 10.1. The molecule has 2 rings (SSSR count). The van der Waals surface area contributed by atoms with Gasteiger partial charge in [-0.2, -0.15) is 0 Å². The molecule has 0 aliphatic heterocycles. The summed E-state index contributed by atoms with van der Waals surface area (Å²) in [6.45, 7) is 1.29. The number of rotatable bonds is 7. The minimum atomic E-state index is -0.385. The highest BCUT2D eigenvalue weighted by molar-refractivity contribution is 5.90. The number of nitrogens with zero attached hydrogens (tertiary/aromatic N) is 1. The van der Waals surface area contributed by atoms with Gasteiger partial charge in [0.2, 0.25) is 0 Å². The number of anilines is 1. The van der Waals surface area contributed by atoms with Crippen LogP contribution in [-0.2, 0) is 16.0 Å². The van der Waals surface area contributed by atoms with Gasteiger partial charge in [0.05, 0.1) is 19.3 Å². The number of ether oxygens (including phenoxy) is 2. The van der Waals surface area contributed by atoms with E-state index in [0.29, 0.717) is 25.3 Å². The molecule has 0 saturated carbocycles. The highest BCUT2D eigenvalue weighted by atomic mass is 16.5. The highest BCUT2D eigenvalue weighted by Crippen LogP contribution is 2.11. The average Bonchev–Trinajstić information content (AvgIpc) is 2.65. The predicted octanol–water partition coefficient (Wildman–Crippen LogP) is 3.15. The van der Waals surface area contributed by atoms with Crippen molar-refractivity contribution in [2.45, 2.75) is 6.54 Å².